The molecule has 0 aromatic heterocycles. The predicted molar refractivity (Wildman–Crippen MR) is 174 cm³/mol. The standard InChI is InChI=1S/C32H52N3O8P/c36-28(18-13-11-9-7-5-3-1-2-4-6-8-10-12-14-19-29(37)38)34-26-22-24(21-25(23-26)31(40)41)30(39)33-20-16-15-17-27(35-44)32(42)43/h21-23,27,35H,1-20,44H2,(H,33,39)(H,34,36)(H,37,38)(H,40,41)(H,42,43)/t27-/m0/s1. The number of carboxylic acid groups (broad SMARTS) is 3. The normalized spacial score (nSPS) is 11.6. The monoisotopic (exact) mass is 637 g/mol. The molecule has 248 valence electrons. The van der Waals surface area contributed by atoms with Crippen molar-refractivity contribution in [3.8, 4) is 0 Å². The van der Waals surface area contributed by atoms with Crippen LogP contribution in [0.15, 0.2) is 18.2 Å². The van der Waals surface area contributed by atoms with Gasteiger partial charge in [-0.05, 0) is 50.3 Å². The van der Waals surface area contributed by atoms with Crippen LogP contribution in [-0.2, 0) is 14.4 Å². The summed E-state index contributed by atoms with van der Waals surface area (Å²) < 4.78 is 0. The molecule has 6 N–H and O–H groups in total. The summed E-state index contributed by atoms with van der Waals surface area (Å²) in [4.78, 5) is 58.2. The molecule has 0 spiro atoms. The Labute approximate surface area is 263 Å². The summed E-state index contributed by atoms with van der Waals surface area (Å²) >= 11 is 0. The highest BCUT2D eigenvalue weighted by Gasteiger charge is 2.15. The van der Waals surface area contributed by atoms with E-state index in [-0.39, 0.29) is 29.1 Å². The van der Waals surface area contributed by atoms with Crippen molar-refractivity contribution in [1.82, 2.24) is 10.4 Å². The molecule has 2 amide bonds. The van der Waals surface area contributed by atoms with E-state index in [2.05, 4.69) is 25.1 Å². The lowest BCUT2D eigenvalue weighted by molar-refractivity contribution is -0.139. The number of benzene rings is 1. The maximum absolute atomic E-state index is 12.6. The summed E-state index contributed by atoms with van der Waals surface area (Å²) in [5, 5.41) is 35.2. The quantitative estimate of drug-likeness (QED) is 0.0471. The van der Waals surface area contributed by atoms with Crippen LogP contribution in [0.2, 0.25) is 0 Å². The largest absolute Gasteiger partial charge is 0.481 e. The van der Waals surface area contributed by atoms with Crippen molar-refractivity contribution < 1.29 is 39.3 Å². The van der Waals surface area contributed by atoms with Crippen LogP contribution in [0.25, 0.3) is 0 Å². The number of nitrogens with one attached hydrogen (secondary N) is 3. The highest BCUT2D eigenvalue weighted by atomic mass is 31.0. The predicted octanol–water partition coefficient (Wildman–Crippen LogP) is 6.38. The zero-order chi connectivity index (χ0) is 32.6. The first-order valence-corrected chi connectivity index (χ1v) is 16.6. The molecule has 0 radical (unpaired) electrons. The first-order chi connectivity index (χ1) is 21.1. The fraction of sp³-hybridized carbons (Fsp3) is 0.656. The Hall–Kier alpha value is -3.04. The fourth-order valence-corrected chi connectivity index (χ4v) is 5.23. The number of hydrogen-bond donors (Lipinski definition) is 6. The Bertz CT molecular complexity index is 1040. The third-order valence-electron chi connectivity index (χ3n) is 7.47. The summed E-state index contributed by atoms with van der Waals surface area (Å²) in [7, 11) is 2.18. The van der Waals surface area contributed by atoms with Crippen molar-refractivity contribution in [2.75, 3.05) is 11.9 Å². The fourth-order valence-electron chi connectivity index (χ4n) is 4.92. The number of aliphatic carboxylic acids is 2. The molecule has 11 nitrogen and oxygen atoms in total. The summed E-state index contributed by atoms with van der Waals surface area (Å²) in [6.07, 6.45) is 17.4. The zero-order valence-corrected chi connectivity index (χ0v) is 27.1. The van der Waals surface area contributed by atoms with Gasteiger partial charge in [0, 0.05) is 30.6 Å². The number of carboxylic acids is 3. The minimum absolute atomic E-state index is 0.100. The summed E-state index contributed by atoms with van der Waals surface area (Å²) in [6, 6.07) is 3.38. The highest BCUT2D eigenvalue weighted by Crippen LogP contribution is 2.18. The average Bonchev–Trinajstić information content (AvgIpc) is 2.98. The third kappa shape index (κ3) is 19.3. The minimum Gasteiger partial charge on any atom is -0.481 e. The first kappa shape index (κ1) is 39.0. The molecular weight excluding hydrogens is 585 g/mol. The van der Waals surface area contributed by atoms with Gasteiger partial charge in [-0.1, -0.05) is 86.4 Å². The number of carbonyl (C=O) groups excluding carboxylic acids is 2. The van der Waals surface area contributed by atoms with Crippen molar-refractivity contribution in [3.63, 3.8) is 0 Å². The zero-order valence-electron chi connectivity index (χ0n) is 25.9. The van der Waals surface area contributed by atoms with Crippen LogP contribution < -0.4 is 15.7 Å². The Morgan fingerprint density at radius 1 is 0.636 bits per heavy atom. The lowest BCUT2D eigenvalue weighted by Gasteiger charge is -2.12. The van der Waals surface area contributed by atoms with Crippen molar-refractivity contribution in [2.24, 2.45) is 0 Å². The van der Waals surface area contributed by atoms with E-state index in [0.29, 0.717) is 32.2 Å². The molecule has 0 heterocycles. The smallest absolute Gasteiger partial charge is 0.335 e. The number of carbonyl (C=O) groups is 5. The van der Waals surface area contributed by atoms with Crippen LogP contribution >= 0.6 is 9.39 Å². The third-order valence-corrected chi connectivity index (χ3v) is 7.88. The topological polar surface area (TPSA) is 182 Å². The highest BCUT2D eigenvalue weighted by molar-refractivity contribution is 7.13. The number of hydrogen-bond acceptors (Lipinski definition) is 6. The molecule has 0 fully saturated rings. The van der Waals surface area contributed by atoms with E-state index in [9.17, 15) is 29.1 Å². The Morgan fingerprint density at radius 2 is 1.14 bits per heavy atom. The van der Waals surface area contributed by atoms with Gasteiger partial charge in [-0.3, -0.25) is 24.3 Å². The van der Waals surface area contributed by atoms with Gasteiger partial charge in [0.15, 0.2) is 0 Å². The lowest BCUT2D eigenvalue weighted by atomic mass is 10.0. The summed E-state index contributed by atoms with van der Waals surface area (Å²) in [5.41, 5.74) is 0.286. The van der Waals surface area contributed by atoms with Gasteiger partial charge < -0.3 is 26.0 Å². The van der Waals surface area contributed by atoms with Crippen molar-refractivity contribution in [3.05, 3.63) is 29.3 Å². The van der Waals surface area contributed by atoms with E-state index in [4.69, 9.17) is 10.2 Å². The second-order valence-corrected chi connectivity index (χ2v) is 11.6. The molecule has 1 rings (SSSR count). The molecule has 0 aliphatic heterocycles. The lowest BCUT2D eigenvalue weighted by Crippen LogP contribution is -2.30. The number of anilines is 1. The van der Waals surface area contributed by atoms with Crippen LogP contribution in [0.3, 0.4) is 0 Å². The number of rotatable bonds is 27. The van der Waals surface area contributed by atoms with Gasteiger partial charge in [-0.15, -0.1) is 0 Å². The second kappa shape index (κ2) is 24.3. The Morgan fingerprint density at radius 3 is 1.61 bits per heavy atom. The van der Waals surface area contributed by atoms with Gasteiger partial charge in [0.1, 0.15) is 6.04 Å². The first-order valence-electron chi connectivity index (χ1n) is 16.0. The molecule has 44 heavy (non-hydrogen) atoms. The van der Waals surface area contributed by atoms with Crippen LogP contribution in [0, 0.1) is 0 Å². The van der Waals surface area contributed by atoms with E-state index in [0.717, 1.165) is 44.9 Å². The Balaban J connectivity index is 2.23. The minimum atomic E-state index is -1.20. The van der Waals surface area contributed by atoms with Crippen LogP contribution in [0.5, 0.6) is 0 Å². The van der Waals surface area contributed by atoms with Crippen molar-refractivity contribution in [2.45, 2.75) is 128 Å². The molecule has 0 aliphatic carbocycles. The van der Waals surface area contributed by atoms with Gasteiger partial charge >= 0.3 is 17.9 Å². The molecule has 0 saturated heterocycles. The average molecular weight is 638 g/mol. The molecule has 1 aromatic rings. The molecule has 1 aromatic carbocycles. The molecular formula is C32H52N3O8P. The van der Waals surface area contributed by atoms with Gasteiger partial charge in [-0.2, -0.15) is 0 Å². The number of unbranched alkanes of at least 4 members (excludes halogenated alkanes) is 14. The number of amides is 2. The van der Waals surface area contributed by atoms with Gasteiger partial charge in [0.2, 0.25) is 5.91 Å². The van der Waals surface area contributed by atoms with E-state index in [1.54, 1.807) is 0 Å². The second-order valence-electron chi connectivity index (χ2n) is 11.3. The van der Waals surface area contributed by atoms with Crippen LogP contribution in [0.1, 0.15) is 143 Å². The molecule has 12 heteroatoms. The van der Waals surface area contributed by atoms with E-state index in [1.165, 1.54) is 63.1 Å². The summed E-state index contributed by atoms with van der Waals surface area (Å²) in [5.74, 6) is -3.55. The van der Waals surface area contributed by atoms with E-state index in [1.807, 2.05) is 0 Å². The molecule has 0 saturated carbocycles. The van der Waals surface area contributed by atoms with Crippen molar-refractivity contribution >= 4 is 44.8 Å². The Kier molecular flexibility index (Phi) is 21.5. The number of aromatic carboxylic acids is 1. The SMILES string of the molecule is O=C(O)CCCCCCCCCCCCCCCCC(=O)Nc1cc(C(=O)O)cc(C(=O)NCCCC[C@H](NP)C(=O)O)c1. The van der Waals surface area contributed by atoms with Gasteiger partial charge in [0.05, 0.1) is 5.56 Å². The van der Waals surface area contributed by atoms with Crippen LogP contribution in [-0.4, -0.2) is 57.6 Å². The van der Waals surface area contributed by atoms with Gasteiger partial charge in [-0.25, -0.2) is 4.79 Å². The van der Waals surface area contributed by atoms with Gasteiger partial charge in [0.25, 0.3) is 5.91 Å². The molecule has 2 atom stereocenters. The summed E-state index contributed by atoms with van der Waals surface area (Å²) in [6.45, 7) is 0.305. The van der Waals surface area contributed by atoms with E-state index >= 15 is 0 Å². The maximum Gasteiger partial charge on any atom is 0.335 e. The van der Waals surface area contributed by atoms with Crippen molar-refractivity contribution in [1.29, 1.82) is 0 Å². The van der Waals surface area contributed by atoms with E-state index < -0.39 is 29.9 Å². The van der Waals surface area contributed by atoms with Crippen LogP contribution in [0.4, 0.5) is 5.69 Å². The molecule has 0 bridgehead atoms. The molecule has 1 unspecified atom stereocenters. The molecule has 0 aliphatic rings. The maximum atomic E-state index is 12.6.